The number of piperidine rings is 1. The Morgan fingerprint density at radius 1 is 1.35 bits per heavy atom. The molecular formula is C16H22N2O2. The number of nitrogens with zero attached hydrogens (tertiary/aromatic N) is 1. The summed E-state index contributed by atoms with van der Waals surface area (Å²) in [6.07, 6.45) is 4.89. The first-order valence-electron chi connectivity index (χ1n) is 7.47. The van der Waals surface area contributed by atoms with Gasteiger partial charge in [0.1, 0.15) is 5.75 Å². The molecule has 0 aromatic heterocycles. The molecule has 0 atom stereocenters. The predicted octanol–water partition coefficient (Wildman–Crippen LogP) is 1.97. The van der Waals surface area contributed by atoms with Gasteiger partial charge in [0.15, 0.2) is 6.61 Å². The summed E-state index contributed by atoms with van der Waals surface area (Å²) in [7, 11) is 1.82. The summed E-state index contributed by atoms with van der Waals surface area (Å²) in [5.41, 5.74) is 2.21. The molecule has 1 aromatic rings. The molecule has 2 heterocycles. The highest BCUT2D eigenvalue weighted by molar-refractivity contribution is 5.97. The van der Waals surface area contributed by atoms with Crippen molar-refractivity contribution in [2.24, 2.45) is 5.92 Å². The maximum atomic E-state index is 11.7. The van der Waals surface area contributed by atoms with Gasteiger partial charge < -0.3 is 15.0 Å². The first-order valence-corrected chi connectivity index (χ1v) is 7.47. The Morgan fingerprint density at radius 3 is 2.95 bits per heavy atom. The largest absolute Gasteiger partial charge is 0.482 e. The molecule has 1 N–H and O–H groups in total. The number of carbonyl (C=O) groups is 1. The second kappa shape index (κ2) is 5.83. The lowest BCUT2D eigenvalue weighted by Crippen LogP contribution is -2.35. The standard InChI is InChI=1S/C16H22N2O2/c1-18-14-10-13(3-2-12-6-8-17-9-7-12)4-5-15(14)20-11-16(18)19/h4-5,10,12,17H,2-3,6-9,11H2,1H3. The summed E-state index contributed by atoms with van der Waals surface area (Å²) < 4.78 is 5.46. The van der Waals surface area contributed by atoms with Gasteiger partial charge in [0.25, 0.3) is 5.91 Å². The molecule has 0 unspecified atom stereocenters. The molecule has 4 heteroatoms. The number of hydrogen-bond donors (Lipinski definition) is 1. The van der Waals surface area contributed by atoms with Gasteiger partial charge in [0.05, 0.1) is 5.69 Å². The Kier molecular flexibility index (Phi) is 3.92. The van der Waals surface area contributed by atoms with Gasteiger partial charge >= 0.3 is 0 Å². The van der Waals surface area contributed by atoms with Crippen LogP contribution in [0.15, 0.2) is 18.2 Å². The summed E-state index contributed by atoms with van der Waals surface area (Å²) in [4.78, 5) is 13.4. The van der Waals surface area contributed by atoms with Crippen LogP contribution in [0.25, 0.3) is 0 Å². The topological polar surface area (TPSA) is 41.6 Å². The summed E-state index contributed by atoms with van der Waals surface area (Å²) in [5, 5.41) is 3.40. The number of nitrogens with one attached hydrogen (secondary N) is 1. The second-order valence-electron chi connectivity index (χ2n) is 5.78. The summed E-state index contributed by atoms with van der Waals surface area (Å²) in [6, 6.07) is 6.23. The highest BCUT2D eigenvalue weighted by atomic mass is 16.5. The summed E-state index contributed by atoms with van der Waals surface area (Å²) in [5.74, 6) is 1.67. The second-order valence-corrected chi connectivity index (χ2v) is 5.78. The van der Waals surface area contributed by atoms with Gasteiger partial charge in [-0.15, -0.1) is 0 Å². The average molecular weight is 274 g/mol. The summed E-state index contributed by atoms with van der Waals surface area (Å²) in [6.45, 7) is 2.46. The molecule has 3 rings (SSSR count). The van der Waals surface area contributed by atoms with E-state index in [9.17, 15) is 4.79 Å². The lowest BCUT2D eigenvalue weighted by molar-refractivity contribution is -0.120. The summed E-state index contributed by atoms with van der Waals surface area (Å²) >= 11 is 0. The van der Waals surface area contributed by atoms with Crippen LogP contribution in [0.2, 0.25) is 0 Å². The molecule has 20 heavy (non-hydrogen) atoms. The van der Waals surface area contributed by atoms with E-state index in [2.05, 4.69) is 17.4 Å². The van der Waals surface area contributed by atoms with Crippen LogP contribution in [0.3, 0.4) is 0 Å². The van der Waals surface area contributed by atoms with Crippen molar-refractivity contribution in [1.82, 2.24) is 5.32 Å². The van der Waals surface area contributed by atoms with E-state index < -0.39 is 0 Å². The molecule has 1 fully saturated rings. The lowest BCUT2D eigenvalue weighted by atomic mass is 9.91. The normalized spacial score (nSPS) is 19.6. The fourth-order valence-corrected chi connectivity index (χ4v) is 3.01. The van der Waals surface area contributed by atoms with Gasteiger partial charge in [-0.05, 0) is 62.4 Å². The number of aryl methyl sites for hydroxylation is 1. The Hall–Kier alpha value is -1.55. The van der Waals surface area contributed by atoms with E-state index >= 15 is 0 Å². The van der Waals surface area contributed by atoms with Gasteiger partial charge in [-0.25, -0.2) is 0 Å². The zero-order valence-electron chi connectivity index (χ0n) is 12.0. The van der Waals surface area contributed by atoms with Crippen LogP contribution in [0.4, 0.5) is 5.69 Å². The zero-order valence-corrected chi connectivity index (χ0v) is 12.0. The molecule has 1 saturated heterocycles. The van der Waals surface area contributed by atoms with Crippen LogP contribution < -0.4 is 15.0 Å². The number of amides is 1. The van der Waals surface area contributed by atoms with Crippen LogP contribution in [0, 0.1) is 5.92 Å². The Labute approximate surface area is 120 Å². The predicted molar refractivity (Wildman–Crippen MR) is 79.3 cm³/mol. The van der Waals surface area contributed by atoms with E-state index in [-0.39, 0.29) is 12.5 Å². The fourth-order valence-electron chi connectivity index (χ4n) is 3.01. The molecule has 108 valence electrons. The first kappa shape index (κ1) is 13.4. The van der Waals surface area contributed by atoms with Crippen molar-refractivity contribution in [3.63, 3.8) is 0 Å². The van der Waals surface area contributed by atoms with Gasteiger partial charge in [-0.2, -0.15) is 0 Å². The maximum absolute atomic E-state index is 11.7. The van der Waals surface area contributed by atoms with Crippen LogP contribution in [0.1, 0.15) is 24.8 Å². The number of anilines is 1. The number of fused-ring (bicyclic) bond motifs is 1. The molecule has 0 radical (unpaired) electrons. The van der Waals surface area contributed by atoms with Gasteiger partial charge in [0.2, 0.25) is 0 Å². The minimum absolute atomic E-state index is 0.0213. The minimum atomic E-state index is 0.0213. The Bertz CT molecular complexity index is 495. The number of ether oxygens (including phenoxy) is 1. The molecule has 0 spiro atoms. The SMILES string of the molecule is CN1C(=O)COc2ccc(CCC3CCNCC3)cc21. The van der Waals surface area contributed by atoms with Crippen molar-refractivity contribution in [2.75, 3.05) is 31.6 Å². The van der Waals surface area contributed by atoms with Gasteiger partial charge in [-0.3, -0.25) is 4.79 Å². The smallest absolute Gasteiger partial charge is 0.264 e. The molecule has 0 bridgehead atoms. The maximum Gasteiger partial charge on any atom is 0.264 e. The number of benzene rings is 1. The van der Waals surface area contributed by atoms with Gasteiger partial charge in [-0.1, -0.05) is 6.07 Å². The Morgan fingerprint density at radius 2 is 2.15 bits per heavy atom. The van der Waals surface area contributed by atoms with Gasteiger partial charge in [0, 0.05) is 7.05 Å². The van der Waals surface area contributed by atoms with E-state index in [1.54, 1.807) is 4.90 Å². The number of hydrogen-bond acceptors (Lipinski definition) is 3. The van der Waals surface area contributed by atoms with Crippen molar-refractivity contribution in [2.45, 2.75) is 25.7 Å². The zero-order chi connectivity index (χ0) is 13.9. The molecule has 0 aliphatic carbocycles. The molecular weight excluding hydrogens is 252 g/mol. The average Bonchev–Trinajstić information content (AvgIpc) is 2.50. The Balaban J connectivity index is 1.67. The molecule has 4 nitrogen and oxygen atoms in total. The van der Waals surface area contributed by atoms with Crippen LogP contribution in [-0.4, -0.2) is 32.7 Å². The van der Waals surface area contributed by atoms with E-state index in [1.807, 2.05) is 13.1 Å². The van der Waals surface area contributed by atoms with Crippen LogP contribution in [0.5, 0.6) is 5.75 Å². The molecule has 1 amide bonds. The van der Waals surface area contributed by atoms with Crippen molar-refractivity contribution in [3.8, 4) is 5.75 Å². The number of carbonyl (C=O) groups excluding carboxylic acids is 1. The third kappa shape index (κ3) is 2.80. The quantitative estimate of drug-likeness (QED) is 0.916. The number of rotatable bonds is 3. The van der Waals surface area contributed by atoms with E-state index in [4.69, 9.17) is 4.74 Å². The van der Waals surface area contributed by atoms with Crippen molar-refractivity contribution >= 4 is 11.6 Å². The van der Waals surface area contributed by atoms with Crippen molar-refractivity contribution in [1.29, 1.82) is 0 Å². The highest BCUT2D eigenvalue weighted by Crippen LogP contribution is 2.32. The lowest BCUT2D eigenvalue weighted by Gasteiger charge is -2.27. The van der Waals surface area contributed by atoms with Crippen LogP contribution in [-0.2, 0) is 11.2 Å². The third-order valence-electron chi connectivity index (χ3n) is 4.41. The van der Waals surface area contributed by atoms with E-state index in [0.29, 0.717) is 0 Å². The minimum Gasteiger partial charge on any atom is -0.482 e. The first-order chi connectivity index (χ1) is 9.74. The monoisotopic (exact) mass is 274 g/mol. The van der Waals surface area contributed by atoms with Crippen molar-refractivity contribution < 1.29 is 9.53 Å². The van der Waals surface area contributed by atoms with Crippen LogP contribution >= 0.6 is 0 Å². The third-order valence-corrected chi connectivity index (χ3v) is 4.41. The molecule has 2 aliphatic heterocycles. The highest BCUT2D eigenvalue weighted by Gasteiger charge is 2.22. The number of likely N-dealkylation sites (N-methyl/N-ethyl adjacent to an activating group) is 1. The van der Waals surface area contributed by atoms with E-state index in [0.717, 1.165) is 36.9 Å². The molecule has 0 saturated carbocycles. The molecule has 1 aromatic carbocycles. The van der Waals surface area contributed by atoms with Crippen molar-refractivity contribution in [3.05, 3.63) is 23.8 Å². The van der Waals surface area contributed by atoms with E-state index in [1.165, 1.54) is 24.8 Å². The fraction of sp³-hybridized carbons (Fsp3) is 0.562. The molecule has 2 aliphatic rings.